The Hall–Kier alpha value is -2.36. The Bertz CT molecular complexity index is 830. The molecule has 0 aromatic heterocycles. The van der Waals surface area contributed by atoms with Crippen LogP contribution in [0.4, 0.5) is 0 Å². The number of benzene rings is 2. The third kappa shape index (κ3) is 8.35. The molecule has 172 valence electrons. The van der Waals surface area contributed by atoms with E-state index in [1.54, 1.807) is 28.4 Å². The van der Waals surface area contributed by atoms with Gasteiger partial charge in [-0.05, 0) is 61.2 Å². The van der Waals surface area contributed by atoms with E-state index < -0.39 is 0 Å². The summed E-state index contributed by atoms with van der Waals surface area (Å²) in [6, 6.07) is 11.8. The topological polar surface area (TPSA) is 73.3 Å². The van der Waals surface area contributed by atoms with Gasteiger partial charge in [0.2, 0.25) is 0 Å². The van der Waals surface area contributed by atoms with Gasteiger partial charge in [-0.3, -0.25) is 4.99 Å². The first kappa shape index (κ1) is 26.7. The predicted molar refractivity (Wildman–Crippen MR) is 136 cm³/mol. The summed E-state index contributed by atoms with van der Waals surface area (Å²) in [6.45, 7) is 4.24. The van der Waals surface area contributed by atoms with E-state index in [4.69, 9.17) is 18.9 Å². The van der Waals surface area contributed by atoms with Crippen LogP contribution in [0.3, 0.4) is 0 Å². The standard InChI is InChI=1S/C23H33N3O4.HI/c1-6-24-23(25-13-11-17-7-9-21(29-4)22(15-17)30-5)26-14-12-18-16-19(27-2)8-10-20(18)28-3;/h7-10,15-16H,6,11-14H2,1-5H3,(H2,24,25,26);1H. The molecule has 0 aliphatic heterocycles. The lowest BCUT2D eigenvalue weighted by atomic mass is 10.1. The van der Waals surface area contributed by atoms with Crippen molar-refractivity contribution in [2.45, 2.75) is 19.8 Å². The van der Waals surface area contributed by atoms with Crippen molar-refractivity contribution in [1.29, 1.82) is 0 Å². The number of methoxy groups -OCH3 is 4. The van der Waals surface area contributed by atoms with Gasteiger partial charge in [0.1, 0.15) is 11.5 Å². The highest BCUT2D eigenvalue weighted by atomic mass is 127. The van der Waals surface area contributed by atoms with Gasteiger partial charge in [0.15, 0.2) is 17.5 Å². The largest absolute Gasteiger partial charge is 0.497 e. The van der Waals surface area contributed by atoms with Crippen LogP contribution in [0.1, 0.15) is 18.1 Å². The zero-order valence-corrected chi connectivity index (χ0v) is 21.3. The molecule has 0 fully saturated rings. The average molecular weight is 543 g/mol. The highest BCUT2D eigenvalue weighted by Gasteiger charge is 2.07. The first-order valence-electron chi connectivity index (χ1n) is 10.1. The molecule has 0 bridgehead atoms. The van der Waals surface area contributed by atoms with E-state index in [0.717, 1.165) is 66.0 Å². The van der Waals surface area contributed by atoms with E-state index in [-0.39, 0.29) is 24.0 Å². The summed E-state index contributed by atoms with van der Waals surface area (Å²) in [6.07, 6.45) is 1.60. The van der Waals surface area contributed by atoms with Crippen molar-refractivity contribution in [3.63, 3.8) is 0 Å². The zero-order valence-electron chi connectivity index (χ0n) is 19.0. The first-order valence-corrected chi connectivity index (χ1v) is 10.1. The minimum Gasteiger partial charge on any atom is -0.497 e. The van der Waals surface area contributed by atoms with E-state index in [2.05, 4.69) is 22.5 Å². The molecule has 0 aliphatic rings. The summed E-state index contributed by atoms with van der Waals surface area (Å²) < 4.78 is 21.4. The predicted octanol–water partition coefficient (Wildman–Crippen LogP) is 3.68. The molecule has 2 N–H and O–H groups in total. The van der Waals surface area contributed by atoms with E-state index in [1.165, 1.54) is 0 Å². The van der Waals surface area contributed by atoms with Crippen LogP contribution in [0.5, 0.6) is 23.0 Å². The molecular weight excluding hydrogens is 509 g/mol. The Kier molecular flexibility index (Phi) is 12.6. The van der Waals surface area contributed by atoms with Gasteiger partial charge in [0.25, 0.3) is 0 Å². The number of rotatable bonds is 11. The molecule has 2 aromatic rings. The van der Waals surface area contributed by atoms with Crippen molar-refractivity contribution in [1.82, 2.24) is 10.6 Å². The summed E-state index contributed by atoms with van der Waals surface area (Å²) in [5, 5.41) is 6.67. The fourth-order valence-electron chi connectivity index (χ4n) is 3.07. The van der Waals surface area contributed by atoms with Gasteiger partial charge in [-0.15, -0.1) is 24.0 Å². The Morgan fingerprint density at radius 2 is 1.52 bits per heavy atom. The highest BCUT2D eigenvalue weighted by molar-refractivity contribution is 14.0. The van der Waals surface area contributed by atoms with Crippen LogP contribution in [-0.2, 0) is 12.8 Å². The van der Waals surface area contributed by atoms with Gasteiger partial charge >= 0.3 is 0 Å². The monoisotopic (exact) mass is 543 g/mol. The third-order valence-electron chi connectivity index (χ3n) is 4.64. The van der Waals surface area contributed by atoms with Gasteiger partial charge < -0.3 is 29.6 Å². The van der Waals surface area contributed by atoms with Crippen molar-refractivity contribution in [3.8, 4) is 23.0 Å². The number of guanidine groups is 1. The van der Waals surface area contributed by atoms with E-state index >= 15 is 0 Å². The molecule has 7 nitrogen and oxygen atoms in total. The molecule has 0 amide bonds. The molecule has 2 rings (SSSR count). The Balaban J connectivity index is 0.00000480. The second-order valence-corrected chi connectivity index (χ2v) is 6.55. The number of halogens is 1. The molecule has 2 aromatic carbocycles. The number of aliphatic imine (C=N–C) groups is 1. The van der Waals surface area contributed by atoms with Crippen molar-refractivity contribution in [2.75, 3.05) is 48.1 Å². The maximum absolute atomic E-state index is 5.44. The summed E-state index contributed by atoms with van der Waals surface area (Å²) in [5.74, 6) is 3.92. The van der Waals surface area contributed by atoms with Gasteiger partial charge in [0, 0.05) is 19.6 Å². The maximum Gasteiger partial charge on any atom is 0.191 e. The van der Waals surface area contributed by atoms with E-state index in [9.17, 15) is 0 Å². The molecule has 0 heterocycles. The quantitative estimate of drug-likeness (QED) is 0.256. The van der Waals surface area contributed by atoms with Crippen LogP contribution < -0.4 is 29.6 Å². The maximum atomic E-state index is 5.44. The Labute approximate surface area is 202 Å². The summed E-state index contributed by atoms with van der Waals surface area (Å²) >= 11 is 0. The lowest BCUT2D eigenvalue weighted by Crippen LogP contribution is -2.38. The molecule has 0 atom stereocenters. The molecule has 0 spiro atoms. The van der Waals surface area contributed by atoms with Gasteiger partial charge in [0.05, 0.1) is 28.4 Å². The molecule has 0 saturated carbocycles. The second kappa shape index (κ2) is 14.6. The first-order chi connectivity index (χ1) is 14.6. The lowest BCUT2D eigenvalue weighted by Gasteiger charge is -2.13. The fraction of sp³-hybridized carbons (Fsp3) is 0.435. The minimum atomic E-state index is 0. The smallest absolute Gasteiger partial charge is 0.191 e. The molecule has 0 aliphatic carbocycles. The Morgan fingerprint density at radius 1 is 0.806 bits per heavy atom. The molecule has 0 unspecified atom stereocenters. The molecule has 0 saturated heterocycles. The molecule has 0 radical (unpaired) electrons. The SMILES string of the molecule is CCNC(=NCCc1cc(OC)ccc1OC)NCCc1ccc(OC)c(OC)c1.I. The van der Waals surface area contributed by atoms with Gasteiger partial charge in [-0.1, -0.05) is 6.07 Å². The molecule has 31 heavy (non-hydrogen) atoms. The van der Waals surface area contributed by atoms with Crippen LogP contribution >= 0.6 is 24.0 Å². The average Bonchev–Trinajstić information content (AvgIpc) is 2.78. The van der Waals surface area contributed by atoms with Crippen molar-refractivity contribution in [2.24, 2.45) is 4.99 Å². The van der Waals surface area contributed by atoms with Gasteiger partial charge in [-0.2, -0.15) is 0 Å². The van der Waals surface area contributed by atoms with Crippen LogP contribution in [0.15, 0.2) is 41.4 Å². The minimum absolute atomic E-state index is 0. The number of ether oxygens (including phenoxy) is 4. The zero-order chi connectivity index (χ0) is 21.8. The van der Waals surface area contributed by atoms with Crippen LogP contribution in [0.2, 0.25) is 0 Å². The lowest BCUT2D eigenvalue weighted by molar-refractivity contribution is 0.354. The summed E-state index contributed by atoms with van der Waals surface area (Å²) in [5.41, 5.74) is 2.24. The second-order valence-electron chi connectivity index (χ2n) is 6.55. The number of nitrogens with zero attached hydrogens (tertiary/aromatic N) is 1. The van der Waals surface area contributed by atoms with E-state index in [1.807, 2.05) is 36.4 Å². The van der Waals surface area contributed by atoms with Gasteiger partial charge in [-0.25, -0.2) is 0 Å². The third-order valence-corrected chi connectivity index (χ3v) is 4.64. The molecular formula is C23H34IN3O4. The van der Waals surface area contributed by atoms with Crippen molar-refractivity contribution < 1.29 is 18.9 Å². The Morgan fingerprint density at radius 3 is 2.16 bits per heavy atom. The highest BCUT2D eigenvalue weighted by Crippen LogP contribution is 2.27. The van der Waals surface area contributed by atoms with Crippen LogP contribution in [0.25, 0.3) is 0 Å². The van der Waals surface area contributed by atoms with Crippen LogP contribution in [0, 0.1) is 0 Å². The van der Waals surface area contributed by atoms with Crippen LogP contribution in [-0.4, -0.2) is 54.0 Å². The summed E-state index contributed by atoms with van der Waals surface area (Å²) in [4.78, 5) is 4.69. The molecule has 8 heteroatoms. The fourth-order valence-corrected chi connectivity index (χ4v) is 3.07. The van der Waals surface area contributed by atoms with Crippen molar-refractivity contribution >= 4 is 29.9 Å². The van der Waals surface area contributed by atoms with E-state index in [0.29, 0.717) is 6.54 Å². The normalized spacial score (nSPS) is 10.7. The number of nitrogens with one attached hydrogen (secondary N) is 2. The number of hydrogen-bond donors (Lipinski definition) is 2. The van der Waals surface area contributed by atoms with Crippen molar-refractivity contribution in [3.05, 3.63) is 47.5 Å². The summed E-state index contributed by atoms with van der Waals surface area (Å²) in [7, 11) is 6.62. The number of hydrogen-bond acceptors (Lipinski definition) is 5.